The van der Waals surface area contributed by atoms with Gasteiger partial charge in [0.1, 0.15) is 18.2 Å². The van der Waals surface area contributed by atoms with Gasteiger partial charge in [-0.2, -0.15) is 0 Å². The van der Waals surface area contributed by atoms with Crippen LogP contribution in [-0.4, -0.2) is 64.9 Å². The molecule has 0 saturated carbocycles. The minimum absolute atomic E-state index is 0.0385. The molecule has 0 radical (unpaired) electrons. The molecule has 1 aromatic carbocycles. The highest BCUT2D eigenvalue weighted by molar-refractivity contribution is 5.94. The van der Waals surface area contributed by atoms with E-state index >= 15 is 0 Å². The predicted molar refractivity (Wildman–Crippen MR) is 124 cm³/mol. The van der Waals surface area contributed by atoms with Crippen molar-refractivity contribution in [3.8, 4) is 6.08 Å². The Hall–Kier alpha value is -3.35. The number of nitrogens with one attached hydrogen (secondary N) is 1. The maximum Gasteiger partial charge on any atom is 0.522 e. The Bertz CT molecular complexity index is 1100. The van der Waals surface area contributed by atoms with Crippen LogP contribution >= 0.6 is 0 Å². The van der Waals surface area contributed by atoms with Crippen molar-refractivity contribution in [1.29, 1.82) is 0 Å². The first-order chi connectivity index (χ1) is 17.2. The molecule has 0 spiro atoms. The number of carbonyl (C=O) groups excluding carboxylic acids is 2. The fourth-order valence-electron chi connectivity index (χ4n) is 3.72. The van der Waals surface area contributed by atoms with Crippen molar-refractivity contribution in [2.24, 2.45) is 0 Å². The van der Waals surface area contributed by atoms with Crippen LogP contribution in [0.25, 0.3) is 0 Å². The number of ether oxygens (including phenoxy) is 3. The number of aryl methyl sites for hydroxylation is 2. The highest BCUT2D eigenvalue weighted by atomic mass is 19.4. The Morgan fingerprint density at radius 2 is 1.84 bits per heavy atom. The minimum atomic E-state index is -4.77. The van der Waals surface area contributed by atoms with Gasteiger partial charge < -0.3 is 19.2 Å². The second kappa shape index (κ2) is 11.4. The number of benzene rings is 1. The van der Waals surface area contributed by atoms with Gasteiger partial charge in [0.25, 0.3) is 5.91 Å². The zero-order chi connectivity index (χ0) is 27.4. The van der Waals surface area contributed by atoms with E-state index in [1.165, 1.54) is 4.90 Å². The van der Waals surface area contributed by atoms with Crippen molar-refractivity contribution < 1.29 is 41.4 Å². The predicted octanol–water partition coefficient (Wildman–Crippen LogP) is 4.47. The van der Waals surface area contributed by atoms with Crippen molar-refractivity contribution in [2.45, 2.75) is 71.5 Å². The monoisotopic (exact) mass is 528 g/mol. The summed E-state index contributed by atoms with van der Waals surface area (Å²) >= 11 is 0. The number of halogens is 3. The fourth-order valence-corrected chi connectivity index (χ4v) is 3.72. The van der Waals surface area contributed by atoms with Gasteiger partial charge in [-0.05, 0) is 70.7 Å². The van der Waals surface area contributed by atoms with Crippen molar-refractivity contribution in [3.05, 3.63) is 40.8 Å². The van der Waals surface area contributed by atoms with Gasteiger partial charge in [-0.25, -0.2) is 4.79 Å². The standard InChI is InChI=1S/C24H31F3N4O6/c1-14-6-7-16(12-15(14)2)19(32)28-17-8-9-18(31(13-17)22(33)37-23(3,4)5)20-29-30-21(36-20)34-10-11-35-24(25,26)27/h6-7,12,17-18H,8-11,13H2,1-5H3,(H,28,32)/t17?,18-/m0/s1. The summed E-state index contributed by atoms with van der Waals surface area (Å²) in [6.07, 6.45) is -4.91. The highest BCUT2D eigenvalue weighted by Gasteiger charge is 2.39. The molecule has 3 rings (SSSR count). The first kappa shape index (κ1) is 28.2. The van der Waals surface area contributed by atoms with Gasteiger partial charge in [-0.15, -0.1) is 18.3 Å². The molecule has 1 aliphatic rings. The van der Waals surface area contributed by atoms with Crippen LogP contribution in [0.2, 0.25) is 0 Å². The highest BCUT2D eigenvalue weighted by Crippen LogP contribution is 2.33. The number of likely N-dealkylation sites (tertiary alicyclic amines) is 1. The maximum absolute atomic E-state index is 13.0. The topological polar surface area (TPSA) is 116 Å². The lowest BCUT2D eigenvalue weighted by Gasteiger charge is -2.38. The van der Waals surface area contributed by atoms with E-state index in [0.717, 1.165) is 11.1 Å². The zero-order valence-electron chi connectivity index (χ0n) is 21.3. The molecule has 10 nitrogen and oxygen atoms in total. The first-order valence-corrected chi connectivity index (χ1v) is 11.8. The largest absolute Gasteiger partial charge is 0.522 e. The summed E-state index contributed by atoms with van der Waals surface area (Å²) in [6, 6.07) is 4.38. The van der Waals surface area contributed by atoms with Gasteiger partial charge >= 0.3 is 18.5 Å². The van der Waals surface area contributed by atoms with E-state index in [2.05, 4.69) is 20.3 Å². The summed E-state index contributed by atoms with van der Waals surface area (Å²) in [5.41, 5.74) is 1.80. The van der Waals surface area contributed by atoms with Gasteiger partial charge in [0.15, 0.2) is 0 Å². The third-order valence-electron chi connectivity index (χ3n) is 5.60. The van der Waals surface area contributed by atoms with Gasteiger partial charge in [0.05, 0.1) is 6.61 Å². The number of aromatic nitrogens is 2. The number of hydrogen-bond donors (Lipinski definition) is 1. The lowest BCUT2D eigenvalue weighted by Crippen LogP contribution is -2.52. The molecule has 2 heterocycles. The van der Waals surface area contributed by atoms with Crippen LogP contribution in [-0.2, 0) is 9.47 Å². The van der Waals surface area contributed by atoms with Gasteiger partial charge in [-0.1, -0.05) is 11.2 Å². The molecule has 1 saturated heterocycles. The molecule has 0 aliphatic carbocycles. The second-order valence-corrected chi connectivity index (χ2v) is 9.74. The first-order valence-electron chi connectivity index (χ1n) is 11.8. The van der Waals surface area contributed by atoms with E-state index in [-0.39, 0.29) is 30.5 Å². The molecule has 1 fully saturated rings. The van der Waals surface area contributed by atoms with E-state index in [9.17, 15) is 22.8 Å². The number of hydrogen-bond acceptors (Lipinski definition) is 8. The van der Waals surface area contributed by atoms with Crippen LogP contribution < -0.4 is 10.1 Å². The molecule has 1 N–H and O–H groups in total. The van der Waals surface area contributed by atoms with Gasteiger partial charge in [0.2, 0.25) is 5.89 Å². The molecular weight excluding hydrogens is 497 g/mol. The fraction of sp³-hybridized carbons (Fsp3) is 0.583. The quantitative estimate of drug-likeness (QED) is 0.524. The second-order valence-electron chi connectivity index (χ2n) is 9.74. The minimum Gasteiger partial charge on any atom is -0.447 e. The van der Waals surface area contributed by atoms with Gasteiger partial charge in [-0.3, -0.25) is 14.4 Å². The van der Waals surface area contributed by atoms with Crippen LogP contribution in [0.1, 0.15) is 67.0 Å². The Morgan fingerprint density at radius 1 is 1.11 bits per heavy atom. The number of alkyl halides is 3. The number of nitrogens with zero attached hydrogens (tertiary/aromatic N) is 3. The molecule has 1 aliphatic heterocycles. The van der Waals surface area contributed by atoms with Crippen LogP contribution in [0, 0.1) is 13.8 Å². The van der Waals surface area contributed by atoms with E-state index in [1.807, 2.05) is 26.0 Å². The smallest absolute Gasteiger partial charge is 0.447 e. The molecule has 37 heavy (non-hydrogen) atoms. The van der Waals surface area contributed by atoms with Crippen LogP contribution in [0.5, 0.6) is 6.08 Å². The zero-order valence-corrected chi connectivity index (χ0v) is 21.3. The van der Waals surface area contributed by atoms with E-state index in [0.29, 0.717) is 18.4 Å². The number of rotatable bonds is 7. The third kappa shape index (κ3) is 8.34. The lowest BCUT2D eigenvalue weighted by atomic mass is 9.97. The Morgan fingerprint density at radius 3 is 2.49 bits per heavy atom. The summed E-state index contributed by atoms with van der Waals surface area (Å²) in [6.45, 7) is 7.97. The van der Waals surface area contributed by atoms with E-state index in [4.69, 9.17) is 13.9 Å². The van der Waals surface area contributed by atoms with Crippen molar-refractivity contribution in [3.63, 3.8) is 0 Å². The molecule has 0 bridgehead atoms. The number of piperidine rings is 1. The summed E-state index contributed by atoms with van der Waals surface area (Å²) in [5, 5.41) is 10.6. The molecule has 2 atom stereocenters. The van der Waals surface area contributed by atoms with Crippen molar-refractivity contribution in [2.75, 3.05) is 19.8 Å². The molecule has 1 aromatic heterocycles. The molecule has 1 unspecified atom stereocenters. The summed E-state index contributed by atoms with van der Waals surface area (Å²) < 4.78 is 56.0. The van der Waals surface area contributed by atoms with Crippen molar-refractivity contribution in [1.82, 2.24) is 20.4 Å². The van der Waals surface area contributed by atoms with E-state index in [1.54, 1.807) is 26.8 Å². The number of carbonyl (C=O) groups is 2. The van der Waals surface area contributed by atoms with Crippen LogP contribution in [0.3, 0.4) is 0 Å². The SMILES string of the molecule is Cc1ccc(C(=O)NC2CC[C@@H](c3nnc(OCCOC(F)(F)F)o3)N(C(=O)OC(C)(C)C)C2)cc1C. The van der Waals surface area contributed by atoms with Crippen LogP contribution in [0.4, 0.5) is 18.0 Å². The maximum atomic E-state index is 13.0. The molecule has 13 heteroatoms. The summed E-state index contributed by atoms with van der Waals surface area (Å²) in [7, 11) is 0. The lowest BCUT2D eigenvalue weighted by molar-refractivity contribution is -0.325. The van der Waals surface area contributed by atoms with Gasteiger partial charge in [0, 0.05) is 18.2 Å². The average molecular weight is 529 g/mol. The summed E-state index contributed by atoms with van der Waals surface area (Å²) in [4.78, 5) is 27.3. The third-order valence-corrected chi connectivity index (χ3v) is 5.60. The van der Waals surface area contributed by atoms with Crippen molar-refractivity contribution >= 4 is 12.0 Å². The molecule has 2 amide bonds. The molecular formula is C24H31F3N4O6. The number of amides is 2. The average Bonchev–Trinajstić information content (AvgIpc) is 3.25. The van der Waals surface area contributed by atoms with E-state index < -0.39 is 37.3 Å². The van der Waals surface area contributed by atoms with Crippen LogP contribution in [0.15, 0.2) is 22.6 Å². The Balaban J connectivity index is 1.69. The Kier molecular flexibility index (Phi) is 8.67. The molecule has 204 valence electrons. The Labute approximate surface area is 212 Å². The molecule has 2 aromatic rings. The normalized spacial score (nSPS) is 18.4. The summed E-state index contributed by atoms with van der Waals surface area (Å²) in [5.74, 6) is -0.221.